The Morgan fingerprint density at radius 3 is 2.41 bits per heavy atom. The summed E-state index contributed by atoms with van der Waals surface area (Å²) in [7, 11) is 1.59. The molecule has 194 valence electrons. The molecule has 0 aliphatic rings. The fraction of sp³-hybridized carbons (Fsp3) is 0.393. The second-order valence-electron chi connectivity index (χ2n) is 9.95. The van der Waals surface area contributed by atoms with Gasteiger partial charge in [-0.2, -0.15) is 0 Å². The number of esters is 1. The lowest BCUT2D eigenvalue weighted by Crippen LogP contribution is -2.23. The van der Waals surface area contributed by atoms with Crippen LogP contribution in [-0.2, 0) is 9.53 Å². The van der Waals surface area contributed by atoms with E-state index in [1.807, 2.05) is 38.2 Å². The smallest absolute Gasteiger partial charge is 0.306 e. The van der Waals surface area contributed by atoms with Gasteiger partial charge in [-0.15, -0.1) is 10.2 Å². The summed E-state index contributed by atoms with van der Waals surface area (Å²) >= 11 is 0. The Hall–Kier alpha value is -4.01. The van der Waals surface area contributed by atoms with Crippen molar-refractivity contribution in [2.24, 2.45) is 0 Å². The number of anilines is 1. The second kappa shape index (κ2) is 10.9. The molecule has 0 saturated carbocycles. The second-order valence-corrected chi connectivity index (χ2v) is 9.95. The Kier molecular flexibility index (Phi) is 7.71. The van der Waals surface area contributed by atoms with E-state index in [0.29, 0.717) is 46.8 Å². The van der Waals surface area contributed by atoms with Gasteiger partial charge in [-0.05, 0) is 83.0 Å². The van der Waals surface area contributed by atoms with Crippen LogP contribution < -0.4 is 10.1 Å². The van der Waals surface area contributed by atoms with Crippen molar-refractivity contribution in [1.29, 1.82) is 0 Å². The lowest BCUT2D eigenvalue weighted by molar-refractivity contribution is -0.154. The molecule has 0 radical (unpaired) electrons. The monoisotopic (exact) mass is 503 g/mol. The molecule has 0 fully saturated rings. The Balaban J connectivity index is 1.48. The zero-order valence-electron chi connectivity index (χ0n) is 22.0. The zero-order valence-corrected chi connectivity index (χ0v) is 22.0. The number of carbonyl (C=O) groups excluding carboxylic acids is 2. The molecule has 4 aromatic rings. The predicted octanol–water partition coefficient (Wildman–Crippen LogP) is 5.14. The number of nitrogens with one attached hydrogen (secondary N) is 1. The average Bonchev–Trinajstić information content (AvgIpc) is 3.26. The number of hydrogen-bond acceptors (Lipinski definition) is 8. The van der Waals surface area contributed by atoms with E-state index < -0.39 is 5.60 Å². The highest BCUT2D eigenvalue weighted by Crippen LogP contribution is 2.24. The summed E-state index contributed by atoms with van der Waals surface area (Å²) < 4.78 is 12.5. The maximum atomic E-state index is 13.1. The van der Waals surface area contributed by atoms with Gasteiger partial charge in [0.25, 0.3) is 0 Å². The number of rotatable bonds is 10. The lowest BCUT2D eigenvalue weighted by Gasteiger charge is -2.19. The summed E-state index contributed by atoms with van der Waals surface area (Å²) in [5.74, 6) is 1.78. The number of nitrogens with zero attached hydrogens (tertiary/aromatic N) is 4. The van der Waals surface area contributed by atoms with Crippen LogP contribution in [0.4, 0.5) is 5.82 Å². The average molecular weight is 504 g/mol. The van der Waals surface area contributed by atoms with Crippen LogP contribution >= 0.6 is 0 Å². The molecule has 1 N–H and O–H groups in total. The molecule has 0 atom stereocenters. The molecule has 0 aliphatic carbocycles. The summed E-state index contributed by atoms with van der Waals surface area (Å²) in [6, 6.07) is 12.5. The maximum absolute atomic E-state index is 13.1. The van der Waals surface area contributed by atoms with Crippen molar-refractivity contribution in [3.8, 4) is 5.75 Å². The van der Waals surface area contributed by atoms with E-state index in [1.54, 1.807) is 43.5 Å². The van der Waals surface area contributed by atoms with E-state index >= 15 is 0 Å². The summed E-state index contributed by atoms with van der Waals surface area (Å²) in [4.78, 5) is 29.8. The maximum Gasteiger partial charge on any atom is 0.306 e. The van der Waals surface area contributed by atoms with Crippen LogP contribution in [0.25, 0.3) is 16.7 Å². The van der Waals surface area contributed by atoms with Crippen LogP contribution in [0.15, 0.2) is 42.5 Å². The van der Waals surface area contributed by atoms with Crippen molar-refractivity contribution in [2.45, 2.75) is 59.0 Å². The van der Waals surface area contributed by atoms with Gasteiger partial charge in [-0.1, -0.05) is 6.42 Å². The van der Waals surface area contributed by atoms with Crippen molar-refractivity contribution in [2.75, 3.05) is 19.0 Å². The van der Waals surface area contributed by atoms with Gasteiger partial charge in [0.2, 0.25) is 5.65 Å². The predicted molar refractivity (Wildman–Crippen MR) is 142 cm³/mol. The van der Waals surface area contributed by atoms with E-state index in [2.05, 4.69) is 15.5 Å². The van der Waals surface area contributed by atoms with Crippen LogP contribution in [0.1, 0.15) is 68.2 Å². The molecule has 0 aliphatic heterocycles. The molecule has 0 bridgehead atoms. The molecule has 4 rings (SSSR count). The standard InChI is InChI=1S/C28H33N5O4/c1-18-31-32-27-26(29-16-8-6-7-9-24(34)37-28(2,3)4)30-22-17-20(12-15-23(22)33(18)27)25(35)19-10-13-21(36-5)14-11-19/h10-15,17H,6-9,16H2,1-5H3,(H,29,30). The Labute approximate surface area is 216 Å². The third-order valence-corrected chi connectivity index (χ3v) is 5.87. The van der Waals surface area contributed by atoms with E-state index in [4.69, 9.17) is 14.5 Å². The first kappa shape index (κ1) is 26.1. The molecule has 0 spiro atoms. The number of ether oxygens (including phenoxy) is 2. The minimum Gasteiger partial charge on any atom is -0.497 e. The highest BCUT2D eigenvalue weighted by molar-refractivity contribution is 6.10. The number of ketones is 1. The number of unbranched alkanes of at least 4 members (excludes halogenated alkanes) is 2. The molecule has 2 heterocycles. The SMILES string of the molecule is COc1ccc(C(=O)c2ccc3c(c2)nc(NCCCCCC(=O)OC(C)(C)C)c2nnc(C)n23)cc1. The molecular formula is C28H33N5O4. The molecule has 0 unspecified atom stereocenters. The number of hydrogen-bond donors (Lipinski definition) is 1. The minimum absolute atomic E-state index is 0.0913. The fourth-order valence-electron chi connectivity index (χ4n) is 4.12. The summed E-state index contributed by atoms with van der Waals surface area (Å²) in [5.41, 5.74) is 2.79. The third kappa shape index (κ3) is 6.22. The summed E-state index contributed by atoms with van der Waals surface area (Å²) in [6.45, 7) is 8.16. The molecule has 9 nitrogen and oxygen atoms in total. The Morgan fingerprint density at radius 2 is 1.70 bits per heavy atom. The van der Waals surface area contributed by atoms with Crippen molar-refractivity contribution >= 4 is 34.3 Å². The highest BCUT2D eigenvalue weighted by Gasteiger charge is 2.17. The van der Waals surface area contributed by atoms with E-state index in [-0.39, 0.29) is 11.8 Å². The number of fused-ring (bicyclic) bond motifs is 3. The van der Waals surface area contributed by atoms with Gasteiger partial charge < -0.3 is 14.8 Å². The van der Waals surface area contributed by atoms with E-state index in [1.165, 1.54) is 0 Å². The van der Waals surface area contributed by atoms with E-state index in [9.17, 15) is 9.59 Å². The highest BCUT2D eigenvalue weighted by atomic mass is 16.6. The Bertz CT molecular complexity index is 1420. The number of benzene rings is 2. The topological polar surface area (TPSA) is 108 Å². The number of carbonyl (C=O) groups is 2. The van der Waals surface area contributed by atoms with Crippen LogP contribution in [0, 0.1) is 6.92 Å². The first-order valence-electron chi connectivity index (χ1n) is 12.5. The van der Waals surface area contributed by atoms with Crippen LogP contribution in [-0.4, -0.2) is 50.6 Å². The largest absolute Gasteiger partial charge is 0.497 e. The molecule has 9 heteroatoms. The molecule has 2 aromatic carbocycles. The van der Waals surface area contributed by atoms with Crippen molar-refractivity contribution < 1.29 is 19.1 Å². The van der Waals surface area contributed by atoms with Crippen molar-refractivity contribution in [1.82, 2.24) is 19.6 Å². The summed E-state index contributed by atoms with van der Waals surface area (Å²) in [5, 5.41) is 11.9. The van der Waals surface area contributed by atoms with Gasteiger partial charge in [0.1, 0.15) is 17.2 Å². The first-order chi connectivity index (χ1) is 17.7. The molecule has 0 amide bonds. The molecule has 2 aromatic heterocycles. The fourth-order valence-corrected chi connectivity index (χ4v) is 4.12. The minimum atomic E-state index is -0.457. The third-order valence-electron chi connectivity index (χ3n) is 5.87. The van der Waals surface area contributed by atoms with Gasteiger partial charge in [0, 0.05) is 24.1 Å². The van der Waals surface area contributed by atoms with Gasteiger partial charge in [0.05, 0.1) is 18.1 Å². The van der Waals surface area contributed by atoms with Crippen molar-refractivity contribution in [3.05, 3.63) is 59.4 Å². The molecule has 0 saturated heterocycles. The number of aromatic nitrogens is 4. The normalized spacial score (nSPS) is 11.6. The Morgan fingerprint density at radius 1 is 0.973 bits per heavy atom. The van der Waals surface area contributed by atoms with Crippen LogP contribution in [0.2, 0.25) is 0 Å². The lowest BCUT2D eigenvalue weighted by atomic mass is 10.0. The van der Waals surface area contributed by atoms with Gasteiger partial charge in [0.15, 0.2) is 11.6 Å². The van der Waals surface area contributed by atoms with E-state index in [0.717, 1.165) is 30.6 Å². The quantitative estimate of drug-likeness (QED) is 0.180. The number of aryl methyl sites for hydroxylation is 1. The van der Waals surface area contributed by atoms with Crippen molar-refractivity contribution in [3.63, 3.8) is 0 Å². The van der Waals surface area contributed by atoms with Gasteiger partial charge in [-0.25, -0.2) is 4.98 Å². The molecular weight excluding hydrogens is 470 g/mol. The van der Waals surface area contributed by atoms with Crippen LogP contribution in [0.3, 0.4) is 0 Å². The molecule has 37 heavy (non-hydrogen) atoms. The van der Waals surface area contributed by atoms with Crippen LogP contribution in [0.5, 0.6) is 5.75 Å². The first-order valence-corrected chi connectivity index (χ1v) is 12.5. The number of methoxy groups -OCH3 is 1. The summed E-state index contributed by atoms with van der Waals surface area (Å²) in [6.07, 6.45) is 2.91. The van der Waals surface area contributed by atoms with Gasteiger partial charge in [-0.3, -0.25) is 14.0 Å². The zero-order chi connectivity index (χ0) is 26.6. The van der Waals surface area contributed by atoms with Gasteiger partial charge >= 0.3 is 5.97 Å².